The van der Waals surface area contributed by atoms with E-state index >= 15 is 0 Å². The number of hydrogen-bond acceptors (Lipinski definition) is 5. The van der Waals surface area contributed by atoms with Gasteiger partial charge in [0.1, 0.15) is 11.9 Å². The molecule has 0 aromatic heterocycles. The molecule has 1 saturated carbocycles. The van der Waals surface area contributed by atoms with Gasteiger partial charge in [-0.05, 0) is 31.0 Å². The number of hydrogen-bond donors (Lipinski definition) is 1. The van der Waals surface area contributed by atoms with Crippen LogP contribution >= 0.6 is 11.6 Å². The molecule has 3 rings (SSSR count). The Morgan fingerprint density at radius 2 is 2.14 bits per heavy atom. The van der Waals surface area contributed by atoms with Gasteiger partial charge >= 0.3 is 10.3 Å². The van der Waals surface area contributed by atoms with E-state index in [4.69, 9.17) is 25.3 Å². The van der Waals surface area contributed by atoms with Gasteiger partial charge in [0.25, 0.3) is 0 Å². The summed E-state index contributed by atoms with van der Waals surface area (Å²) in [4.78, 5) is 0. The second kappa shape index (κ2) is 5.98. The zero-order chi connectivity index (χ0) is 15.8. The maximum absolute atomic E-state index is 11.5. The highest BCUT2D eigenvalue weighted by atomic mass is 35.5. The third-order valence-electron chi connectivity index (χ3n) is 3.96. The highest BCUT2D eigenvalue weighted by Crippen LogP contribution is 2.46. The molecule has 122 valence electrons. The van der Waals surface area contributed by atoms with Gasteiger partial charge in [-0.15, -0.1) is 0 Å². The Hall–Kier alpha value is -0.860. The molecule has 22 heavy (non-hydrogen) atoms. The molecule has 1 fully saturated rings. The SMILES string of the molecule is CNS(=O)(=O)OCC1OC2(CCCC2)Oc2ccc(Cl)cc21. The van der Waals surface area contributed by atoms with E-state index in [-0.39, 0.29) is 6.61 Å². The molecule has 1 aromatic rings. The molecular weight excluding hydrogens is 330 g/mol. The molecule has 1 spiro atoms. The van der Waals surface area contributed by atoms with E-state index in [1.807, 2.05) is 0 Å². The summed E-state index contributed by atoms with van der Waals surface area (Å²) in [6.45, 7) is -0.123. The van der Waals surface area contributed by atoms with E-state index in [1.54, 1.807) is 18.2 Å². The third-order valence-corrected chi connectivity index (χ3v) is 5.14. The normalized spacial score (nSPS) is 23.3. The standard InChI is InChI=1S/C14H18ClNO5S/c1-16-22(17,18)19-9-13-11-8-10(15)4-5-12(11)20-14(21-13)6-2-3-7-14/h4-5,8,13,16H,2-3,6-7,9H2,1H3. The first kappa shape index (κ1) is 16.0. The van der Waals surface area contributed by atoms with Crippen LogP contribution in [0.15, 0.2) is 18.2 Å². The van der Waals surface area contributed by atoms with Crippen LogP contribution in [0.2, 0.25) is 5.02 Å². The van der Waals surface area contributed by atoms with Crippen LogP contribution in [0.3, 0.4) is 0 Å². The van der Waals surface area contributed by atoms with E-state index in [0.717, 1.165) is 25.7 Å². The average molecular weight is 348 g/mol. The van der Waals surface area contributed by atoms with Crippen molar-refractivity contribution in [2.45, 2.75) is 37.6 Å². The topological polar surface area (TPSA) is 73.9 Å². The van der Waals surface area contributed by atoms with Crippen LogP contribution in [0.5, 0.6) is 5.75 Å². The number of benzene rings is 1. The second-order valence-electron chi connectivity index (χ2n) is 5.45. The van der Waals surface area contributed by atoms with Crippen molar-refractivity contribution in [3.05, 3.63) is 28.8 Å². The highest BCUT2D eigenvalue weighted by Gasteiger charge is 2.44. The lowest BCUT2D eigenvalue weighted by Crippen LogP contribution is -2.42. The van der Waals surface area contributed by atoms with Crippen LogP contribution in [0.25, 0.3) is 0 Å². The van der Waals surface area contributed by atoms with Crippen molar-refractivity contribution in [1.29, 1.82) is 0 Å². The Morgan fingerprint density at radius 1 is 1.41 bits per heavy atom. The van der Waals surface area contributed by atoms with Gasteiger partial charge in [-0.3, -0.25) is 4.18 Å². The summed E-state index contributed by atoms with van der Waals surface area (Å²) in [7, 11) is -2.48. The van der Waals surface area contributed by atoms with Crippen LogP contribution in [0.1, 0.15) is 37.4 Å². The molecule has 1 atom stereocenters. The van der Waals surface area contributed by atoms with Crippen molar-refractivity contribution in [2.75, 3.05) is 13.7 Å². The minimum atomic E-state index is -3.77. The van der Waals surface area contributed by atoms with Gasteiger partial charge in [0.05, 0.1) is 6.61 Å². The van der Waals surface area contributed by atoms with E-state index in [2.05, 4.69) is 4.72 Å². The fourth-order valence-corrected chi connectivity index (χ4v) is 3.48. The maximum atomic E-state index is 11.5. The van der Waals surface area contributed by atoms with Crippen molar-refractivity contribution in [3.8, 4) is 5.75 Å². The summed E-state index contributed by atoms with van der Waals surface area (Å²) in [6, 6.07) is 5.26. The molecule has 0 saturated heterocycles. The highest BCUT2D eigenvalue weighted by molar-refractivity contribution is 7.84. The van der Waals surface area contributed by atoms with Crippen molar-refractivity contribution in [2.24, 2.45) is 0 Å². The first-order valence-electron chi connectivity index (χ1n) is 7.17. The first-order chi connectivity index (χ1) is 10.4. The zero-order valence-corrected chi connectivity index (χ0v) is 13.7. The zero-order valence-electron chi connectivity index (χ0n) is 12.2. The maximum Gasteiger partial charge on any atom is 0.335 e. The van der Waals surface area contributed by atoms with Gasteiger partial charge < -0.3 is 9.47 Å². The lowest BCUT2D eigenvalue weighted by atomic mass is 10.0. The summed E-state index contributed by atoms with van der Waals surface area (Å²) in [5.41, 5.74) is 0.705. The summed E-state index contributed by atoms with van der Waals surface area (Å²) in [5.74, 6) is -0.00820. The lowest BCUT2D eigenvalue weighted by molar-refractivity contribution is -0.230. The van der Waals surface area contributed by atoms with E-state index in [9.17, 15) is 8.42 Å². The van der Waals surface area contributed by atoms with E-state index in [0.29, 0.717) is 16.3 Å². The molecule has 1 heterocycles. The predicted molar refractivity (Wildman–Crippen MR) is 81.0 cm³/mol. The largest absolute Gasteiger partial charge is 0.462 e. The van der Waals surface area contributed by atoms with Gasteiger partial charge in [-0.25, -0.2) is 0 Å². The molecule has 1 aliphatic heterocycles. The molecule has 0 amide bonds. The Bertz CT molecular complexity index is 657. The van der Waals surface area contributed by atoms with Gasteiger partial charge in [0.2, 0.25) is 5.79 Å². The van der Waals surface area contributed by atoms with Crippen LogP contribution < -0.4 is 9.46 Å². The van der Waals surface area contributed by atoms with Gasteiger partial charge in [-0.1, -0.05) is 11.6 Å². The van der Waals surface area contributed by atoms with Crippen molar-refractivity contribution < 1.29 is 22.1 Å². The van der Waals surface area contributed by atoms with Crippen molar-refractivity contribution in [3.63, 3.8) is 0 Å². The van der Waals surface area contributed by atoms with E-state index < -0.39 is 22.2 Å². The minimum Gasteiger partial charge on any atom is -0.462 e. The molecule has 0 radical (unpaired) electrons. The fourth-order valence-electron chi connectivity index (χ4n) is 2.88. The molecule has 6 nitrogen and oxygen atoms in total. The monoisotopic (exact) mass is 347 g/mol. The van der Waals surface area contributed by atoms with E-state index in [1.165, 1.54) is 7.05 Å². The third kappa shape index (κ3) is 3.23. The van der Waals surface area contributed by atoms with Crippen LogP contribution in [0, 0.1) is 0 Å². The molecule has 1 aromatic carbocycles. The molecule has 1 aliphatic carbocycles. The number of fused-ring (bicyclic) bond motifs is 1. The smallest absolute Gasteiger partial charge is 0.335 e. The Balaban J connectivity index is 1.88. The summed E-state index contributed by atoms with van der Waals surface area (Å²) in [5, 5.41) is 0.537. The number of halogens is 1. The first-order valence-corrected chi connectivity index (χ1v) is 8.96. The number of rotatable bonds is 4. The lowest BCUT2D eigenvalue weighted by Gasteiger charge is -2.39. The van der Waals surface area contributed by atoms with Gasteiger partial charge in [-0.2, -0.15) is 13.1 Å². The molecule has 0 bridgehead atoms. The Labute approximate surface area is 135 Å². The molecule has 2 aliphatic rings. The minimum absolute atomic E-state index is 0.123. The Kier molecular flexibility index (Phi) is 4.35. The van der Waals surface area contributed by atoms with Crippen LogP contribution in [0.4, 0.5) is 0 Å². The number of ether oxygens (including phenoxy) is 2. The van der Waals surface area contributed by atoms with Crippen molar-refractivity contribution in [1.82, 2.24) is 4.72 Å². The number of nitrogens with one attached hydrogen (secondary N) is 1. The predicted octanol–water partition coefficient (Wildman–Crippen LogP) is 2.54. The molecule has 1 N–H and O–H groups in total. The Morgan fingerprint density at radius 3 is 2.82 bits per heavy atom. The molecule has 8 heteroatoms. The molecule has 1 unspecified atom stereocenters. The second-order valence-corrected chi connectivity index (χ2v) is 7.44. The quantitative estimate of drug-likeness (QED) is 0.906. The van der Waals surface area contributed by atoms with Crippen molar-refractivity contribution >= 4 is 21.9 Å². The summed E-state index contributed by atoms with van der Waals surface area (Å²) < 4.78 is 42.1. The summed E-state index contributed by atoms with van der Waals surface area (Å²) >= 11 is 6.03. The van der Waals surface area contributed by atoms with Crippen LogP contribution in [-0.2, 0) is 19.2 Å². The van der Waals surface area contributed by atoms with Gasteiger partial charge in [0.15, 0.2) is 0 Å². The van der Waals surface area contributed by atoms with Crippen LogP contribution in [-0.4, -0.2) is 27.9 Å². The average Bonchev–Trinajstić information content (AvgIpc) is 2.93. The fraction of sp³-hybridized carbons (Fsp3) is 0.571. The van der Waals surface area contributed by atoms with Gasteiger partial charge in [0, 0.05) is 30.5 Å². The molecular formula is C14H18ClNO5S. The summed E-state index contributed by atoms with van der Waals surface area (Å²) in [6.07, 6.45) is 3.06.